The molecule has 3 aromatic rings. The van der Waals surface area contributed by atoms with Crippen LogP contribution in [0.25, 0.3) is 16.7 Å². The summed E-state index contributed by atoms with van der Waals surface area (Å²) in [4.78, 5) is 0. The highest BCUT2D eigenvalue weighted by Gasteiger charge is 2.02. The average molecular weight is 319 g/mol. The standard InChI is InChI=1S/C24H17N/c1-3-7-19(8-4-1)21-11-15-23(16-12-21)25-24-17-13-22(14-18-24)20-9-5-2-6-10-20/h1,3,5,7,9-11,13-15,17-18,25H,2,6H2. The molecule has 0 saturated carbocycles. The van der Waals surface area contributed by atoms with Gasteiger partial charge < -0.3 is 5.32 Å². The van der Waals surface area contributed by atoms with E-state index in [1.807, 2.05) is 30.3 Å². The van der Waals surface area contributed by atoms with Crippen molar-refractivity contribution in [3.05, 3.63) is 103 Å². The minimum Gasteiger partial charge on any atom is -0.349 e. The Kier molecular flexibility index (Phi) is 4.23. The zero-order valence-corrected chi connectivity index (χ0v) is 13.8. The van der Waals surface area contributed by atoms with Gasteiger partial charge >= 0.3 is 0 Å². The molecular formula is C24H17N. The van der Waals surface area contributed by atoms with Crippen LogP contribution in [0.4, 0.5) is 11.4 Å². The maximum Gasteiger partial charge on any atom is 0.0901 e. The number of allylic oxidation sites excluding steroid dienone is 4. The molecule has 0 aromatic heterocycles. The zero-order chi connectivity index (χ0) is 16.9. The first-order valence-corrected chi connectivity index (χ1v) is 8.45. The molecule has 0 amide bonds. The molecule has 25 heavy (non-hydrogen) atoms. The fraction of sp³-hybridized carbons (Fsp3) is 0.0833. The van der Waals surface area contributed by atoms with Crippen LogP contribution in [-0.4, -0.2) is 0 Å². The van der Waals surface area contributed by atoms with Crippen molar-refractivity contribution < 1.29 is 0 Å². The predicted molar refractivity (Wildman–Crippen MR) is 103 cm³/mol. The summed E-state index contributed by atoms with van der Waals surface area (Å²) in [6, 6.07) is 30.7. The fourth-order valence-electron chi connectivity index (χ4n) is 2.85. The molecule has 0 radical (unpaired) electrons. The fourth-order valence-corrected chi connectivity index (χ4v) is 2.85. The third-order valence-corrected chi connectivity index (χ3v) is 4.18. The number of anilines is 2. The summed E-state index contributed by atoms with van der Waals surface area (Å²) in [5, 5.41) is 3.37. The molecule has 0 bridgehead atoms. The van der Waals surface area contributed by atoms with Gasteiger partial charge in [-0.3, -0.25) is 0 Å². The van der Waals surface area contributed by atoms with E-state index in [-0.39, 0.29) is 0 Å². The lowest BCUT2D eigenvalue weighted by Gasteiger charge is -2.09. The van der Waals surface area contributed by atoms with Crippen LogP contribution in [0.3, 0.4) is 0 Å². The Labute approximate surface area is 149 Å². The maximum atomic E-state index is 3.37. The van der Waals surface area contributed by atoms with E-state index in [9.17, 15) is 0 Å². The highest BCUT2D eigenvalue weighted by molar-refractivity contribution is 5.76. The lowest BCUT2D eigenvalue weighted by Crippen LogP contribution is -1.91. The molecule has 0 aliphatic heterocycles. The lowest BCUT2D eigenvalue weighted by atomic mass is 9.99. The van der Waals surface area contributed by atoms with Gasteiger partial charge in [0.1, 0.15) is 0 Å². The minimum atomic E-state index is 0.896. The molecule has 0 spiro atoms. The molecule has 4 rings (SSSR count). The van der Waals surface area contributed by atoms with E-state index >= 15 is 0 Å². The Balaban J connectivity index is 1.47. The average Bonchev–Trinajstić information content (AvgIpc) is 2.71. The highest BCUT2D eigenvalue weighted by atomic mass is 14.9. The van der Waals surface area contributed by atoms with E-state index < -0.39 is 0 Å². The summed E-state index contributed by atoms with van der Waals surface area (Å²) in [5.74, 6) is 0. The van der Waals surface area contributed by atoms with Crippen LogP contribution in [0.15, 0.2) is 72.8 Å². The lowest BCUT2D eigenvalue weighted by molar-refractivity contribution is 1.04. The van der Waals surface area contributed by atoms with Crippen molar-refractivity contribution in [1.82, 2.24) is 0 Å². The first-order valence-electron chi connectivity index (χ1n) is 8.45. The van der Waals surface area contributed by atoms with Crippen molar-refractivity contribution in [2.45, 2.75) is 12.8 Å². The Morgan fingerprint density at radius 1 is 0.800 bits per heavy atom. The Hall–Kier alpha value is -3.42. The molecule has 0 atom stereocenters. The van der Waals surface area contributed by atoms with Crippen molar-refractivity contribution in [1.29, 1.82) is 0 Å². The second kappa shape index (κ2) is 7.00. The van der Waals surface area contributed by atoms with Gasteiger partial charge in [0.05, 0.1) is 5.69 Å². The second-order valence-corrected chi connectivity index (χ2v) is 5.96. The van der Waals surface area contributed by atoms with Crippen LogP contribution in [0, 0.1) is 24.3 Å². The van der Waals surface area contributed by atoms with Crippen molar-refractivity contribution >= 4 is 16.9 Å². The largest absolute Gasteiger partial charge is 0.349 e. The molecule has 0 unspecified atom stereocenters. The smallest absolute Gasteiger partial charge is 0.0901 e. The van der Waals surface area contributed by atoms with Gasteiger partial charge in [0, 0.05) is 16.8 Å². The number of benzene rings is 1. The molecule has 0 fully saturated rings. The molecule has 118 valence electrons. The zero-order valence-electron chi connectivity index (χ0n) is 13.8. The molecule has 1 aliphatic rings. The van der Waals surface area contributed by atoms with Gasteiger partial charge in [-0.25, -0.2) is 0 Å². The number of hydrogen-bond acceptors (Lipinski definition) is 1. The maximum absolute atomic E-state index is 3.37. The van der Waals surface area contributed by atoms with Gasteiger partial charge in [-0.05, 0) is 66.4 Å². The second-order valence-electron chi connectivity index (χ2n) is 5.96. The van der Waals surface area contributed by atoms with Crippen molar-refractivity contribution in [2.24, 2.45) is 0 Å². The minimum absolute atomic E-state index is 0.896. The molecular weight excluding hydrogens is 302 g/mol. The van der Waals surface area contributed by atoms with E-state index in [4.69, 9.17) is 0 Å². The highest BCUT2D eigenvalue weighted by Crippen LogP contribution is 2.24. The summed E-state index contributed by atoms with van der Waals surface area (Å²) in [6.45, 7) is 0. The summed E-state index contributed by atoms with van der Waals surface area (Å²) in [5.41, 5.74) is 6.44. The van der Waals surface area contributed by atoms with Crippen LogP contribution >= 0.6 is 0 Å². The first-order chi connectivity index (χ1) is 12.4. The monoisotopic (exact) mass is 319 g/mol. The van der Waals surface area contributed by atoms with Crippen molar-refractivity contribution in [3.8, 4) is 11.1 Å². The SMILES string of the molecule is c1cccc(-c2c#cc(Nc3ccc(C4=CCCC=C4)cc3)cc2)c#1. The van der Waals surface area contributed by atoms with E-state index in [0.29, 0.717) is 0 Å². The molecule has 1 N–H and O–H groups in total. The van der Waals surface area contributed by atoms with Crippen LogP contribution in [0.2, 0.25) is 0 Å². The van der Waals surface area contributed by atoms with E-state index in [0.717, 1.165) is 35.3 Å². The van der Waals surface area contributed by atoms with Gasteiger partial charge in [0.25, 0.3) is 0 Å². The van der Waals surface area contributed by atoms with Crippen molar-refractivity contribution in [3.63, 3.8) is 0 Å². The molecule has 1 nitrogen and oxygen atoms in total. The number of rotatable bonds is 4. The van der Waals surface area contributed by atoms with Crippen LogP contribution in [0.1, 0.15) is 18.4 Å². The summed E-state index contributed by atoms with van der Waals surface area (Å²) in [7, 11) is 0. The van der Waals surface area contributed by atoms with Gasteiger partial charge in [-0.1, -0.05) is 54.6 Å². The number of nitrogens with one attached hydrogen (secondary N) is 1. The summed E-state index contributed by atoms with van der Waals surface area (Å²) < 4.78 is 0. The molecule has 1 heteroatoms. The van der Waals surface area contributed by atoms with Gasteiger partial charge in [0.15, 0.2) is 0 Å². The van der Waals surface area contributed by atoms with E-state index in [1.165, 1.54) is 11.1 Å². The third kappa shape index (κ3) is 3.57. The Morgan fingerprint density at radius 3 is 2.36 bits per heavy atom. The van der Waals surface area contributed by atoms with Crippen molar-refractivity contribution in [2.75, 3.05) is 5.32 Å². The van der Waals surface area contributed by atoms with Crippen LogP contribution in [0.5, 0.6) is 0 Å². The van der Waals surface area contributed by atoms with E-state index in [1.54, 1.807) is 0 Å². The Morgan fingerprint density at radius 2 is 1.68 bits per heavy atom. The normalized spacial score (nSPS) is 12.7. The Bertz CT molecular complexity index is 885. The quantitative estimate of drug-likeness (QED) is 0.619. The van der Waals surface area contributed by atoms with Crippen LogP contribution < -0.4 is 5.32 Å². The topological polar surface area (TPSA) is 12.0 Å². The number of hydrogen-bond donors (Lipinski definition) is 1. The summed E-state index contributed by atoms with van der Waals surface area (Å²) in [6.07, 6.45) is 8.99. The predicted octanol–water partition coefficient (Wildman–Crippen LogP) is 6.03. The molecule has 0 saturated heterocycles. The van der Waals surface area contributed by atoms with Gasteiger partial charge in [-0.2, -0.15) is 0 Å². The molecule has 3 aromatic carbocycles. The molecule has 1 aliphatic carbocycles. The third-order valence-electron chi connectivity index (χ3n) is 4.18. The van der Waals surface area contributed by atoms with Gasteiger partial charge in [0.2, 0.25) is 0 Å². The molecule has 0 heterocycles. The van der Waals surface area contributed by atoms with E-state index in [2.05, 4.69) is 72.1 Å². The van der Waals surface area contributed by atoms with Gasteiger partial charge in [-0.15, -0.1) is 0 Å². The first kappa shape index (κ1) is 15.1. The summed E-state index contributed by atoms with van der Waals surface area (Å²) >= 11 is 0. The van der Waals surface area contributed by atoms with Crippen LogP contribution in [-0.2, 0) is 0 Å².